The summed E-state index contributed by atoms with van der Waals surface area (Å²) in [5.41, 5.74) is 0.420. The van der Waals surface area contributed by atoms with Gasteiger partial charge in [0, 0.05) is 44.7 Å². The van der Waals surface area contributed by atoms with E-state index in [0.717, 1.165) is 6.42 Å². The summed E-state index contributed by atoms with van der Waals surface area (Å²) in [6, 6.07) is 5.04. The minimum atomic E-state index is -0.117. The third-order valence-electron chi connectivity index (χ3n) is 4.73. The van der Waals surface area contributed by atoms with Crippen LogP contribution in [-0.2, 0) is 16.1 Å². The lowest BCUT2D eigenvalue weighted by Gasteiger charge is -2.34. The van der Waals surface area contributed by atoms with E-state index >= 15 is 0 Å². The van der Waals surface area contributed by atoms with Gasteiger partial charge in [-0.25, -0.2) is 4.98 Å². The summed E-state index contributed by atoms with van der Waals surface area (Å²) in [4.78, 5) is 44.9. The molecule has 1 aliphatic heterocycles. The van der Waals surface area contributed by atoms with Crippen molar-refractivity contribution in [3.8, 4) is 0 Å². The first-order chi connectivity index (χ1) is 13.4. The van der Waals surface area contributed by atoms with Gasteiger partial charge in [0.15, 0.2) is 5.16 Å². The Labute approximate surface area is 172 Å². The van der Waals surface area contributed by atoms with E-state index in [1.165, 1.54) is 18.7 Å². The maximum atomic E-state index is 12.8. The van der Waals surface area contributed by atoms with Crippen molar-refractivity contribution in [2.24, 2.45) is 0 Å². The topological polar surface area (TPSA) is 75.5 Å². The fourth-order valence-electron chi connectivity index (χ4n) is 3.19. The zero-order chi connectivity index (χ0) is 20.3. The largest absolute Gasteiger partial charge is 0.339 e. The second-order valence-corrected chi connectivity index (χ2v) is 8.07. The lowest BCUT2D eigenvalue weighted by Crippen LogP contribution is -2.50. The van der Waals surface area contributed by atoms with E-state index in [9.17, 15) is 14.4 Å². The number of halogens is 1. The van der Waals surface area contributed by atoms with Gasteiger partial charge in [-0.15, -0.1) is 0 Å². The summed E-state index contributed by atoms with van der Waals surface area (Å²) in [5.74, 6) is 0.211. The highest BCUT2D eigenvalue weighted by molar-refractivity contribution is 7.99. The smallest absolute Gasteiger partial charge is 0.262 e. The molecule has 1 aromatic heterocycles. The molecule has 2 heterocycles. The monoisotopic (exact) mass is 422 g/mol. The number of hydrogen-bond donors (Lipinski definition) is 0. The Balaban J connectivity index is 1.76. The number of fused-ring (bicyclic) bond motifs is 1. The molecule has 2 aromatic rings. The Morgan fingerprint density at radius 3 is 2.50 bits per heavy atom. The highest BCUT2D eigenvalue weighted by atomic mass is 35.5. The predicted molar refractivity (Wildman–Crippen MR) is 111 cm³/mol. The first-order valence-electron chi connectivity index (χ1n) is 9.27. The van der Waals surface area contributed by atoms with Gasteiger partial charge in [-0.1, -0.05) is 30.3 Å². The minimum Gasteiger partial charge on any atom is -0.339 e. The average Bonchev–Trinajstić information content (AvgIpc) is 2.68. The zero-order valence-electron chi connectivity index (χ0n) is 16.0. The van der Waals surface area contributed by atoms with Gasteiger partial charge in [-0.3, -0.25) is 19.0 Å². The summed E-state index contributed by atoms with van der Waals surface area (Å²) in [7, 11) is 0. The number of carbonyl (C=O) groups is 2. The van der Waals surface area contributed by atoms with Gasteiger partial charge < -0.3 is 9.80 Å². The number of piperazine rings is 1. The third-order valence-corrected chi connectivity index (χ3v) is 5.93. The molecule has 1 aliphatic rings. The number of amides is 2. The van der Waals surface area contributed by atoms with Gasteiger partial charge in [-0.05, 0) is 24.6 Å². The molecular weight excluding hydrogens is 400 g/mol. The van der Waals surface area contributed by atoms with Crippen LogP contribution in [0.3, 0.4) is 0 Å². The summed E-state index contributed by atoms with van der Waals surface area (Å²) < 4.78 is 1.63. The second-order valence-electron chi connectivity index (χ2n) is 6.69. The van der Waals surface area contributed by atoms with Crippen LogP contribution >= 0.6 is 23.4 Å². The van der Waals surface area contributed by atoms with Gasteiger partial charge in [-0.2, -0.15) is 0 Å². The van der Waals surface area contributed by atoms with Crippen LogP contribution in [0.5, 0.6) is 0 Å². The fourth-order valence-corrected chi connectivity index (χ4v) is 4.29. The molecule has 0 unspecified atom stereocenters. The van der Waals surface area contributed by atoms with Crippen molar-refractivity contribution < 1.29 is 9.59 Å². The molecule has 9 heteroatoms. The first-order valence-corrected chi connectivity index (χ1v) is 10.6. The Morgan fingerprint density at radius 2 is 1.86 bits per heavy atom. The lowest BCUT2D eigenvalue weighted by atomic mass is 10.2. The molecular formula is C19H23ClN4O3S. The Morgan fingerprint density at radius 1 is 1.18 bits per heavy atom. The predicted octanol–water partition coefficient (Wildman–Crippen LogP) is 2.24. The van der Waals surface area contributed by atoms with Crippen LogP contribution in [0.25, 0.3) is 10.9 Å². The molecule has 0 saturated carbocycles. The number of rotatable bonds is 5. The molecule has 2 amide bonds. The molecule has 150 valence electrons. The second kappa shape index (κ2) is 8.96. The van der Waals surface area contributed by atoms with Crippen LogP contribution in [0.1, 0.15) is 20.3 Å². The van der Waals surface area contributed by atoms with E-state index < -0.39 is 0 Å². The van der Waals surface area contributed by atoms with Crippen LogP contribution < -0.4 is 5.56 Å². The van der Waals surface area contributed by atoms with E-state index in [1.54, 1.807) is 32.6 Å². The molecule has 0 radical (unpaired) electrons. The Kier molecular flexibility index (Phi) is 6.61. The molecule has 28 heavy (non-hydrogen) atoms. The van der Waals surface area contributed by atoms with Crippen LogP contribution in [0, 0.1) is 0 Å². The molecule has 1 saturated heterocycles. The SMILES string of the molecule is CCCn1c(SCC(=O)N2CCN(C(C)=O)CC2)nc2cc(Cl)ccc2c1=O. The number of nitrogens with zero attached hydrogens (tertiary/aromatic N) is 4. The number of carbonyl (C=O) groups excluding carboxylic acids is 2. The van der Waals surface area contributed by atoms with Crippen molar-refractivity contribution in [3.63, 3.8) is 0 Å². The van der Waals surface area contributed by atoms with Gasteiger partial charge in [0.05, 0.1) is 16.7 Å². The molecule has 0 N–H and O–H groups in total. The van der Waals surface area contributed by atoms with E-state index in [1.807, 2.05) is 6.92 Å². The van der Waals surface area contributed by atoms with Crippen molar-refractivity contribution in [1.82, 2.24) is 19.4 Å². The van der Waals surface area contributed by atoms with Gasteiger partial charge >= 0.3 is 0 Å². The van der Waals surface area contributed by atoms with Gasteiger partial charge in [0.1, 0.15) is 0 Å². The van der Waals surface area contributed by atoms with Gasteiger partial charge in [0.2, 0.25) is 11.8 Å². The summed E-state index contributed by atoms with van der Waals surface area (Å²) in [6.45, 7) is 6.24. The van der Waals surface area contributed by atoms with Crippen molar-refractivity contribution >= 4 is 46.1 Å². The maximum Gasteiger partial charge on any atom is 0.262 e. The number of aromatic nitrogens is 2. The Hall–Kier alpha value is -2.06. The van der Waals surface area contributed by atoms with Crippen LogP contribution in [-0.4, -0.2) is 63.1 Å². The minimum absolute atomic E-state index is 0.0170. The van der Waals surface area contributed by atoms with Crippen molar-refractivity contribution in [2.45, 2.75) is 32.0 Å². The standard InChI is InChI=1S/C19H23ClN4O3S/c1-3-6-24-18(27)15-5-4-14(20)11-16(15)21-19(24)28-12-17(26)23-9-7-22(8-10-23)13(2)25/h4-5,11H,3,6-10,12H2,1-2H3. The highest BCUT2D eigenvalue weighted by Gasteiger charge is 2.23. The van der Waals surface area contributed by atoms with E-state index in [-0.39, 0.29) is 23.1 Å². The first kappa shape index (κ1) is 20.7. The fraction of sp³-hybridized carbons (Fsp3) is 0.474. The molecule has 0 aliphatic carbocycles. The average molecular weight is 423 g/mol. The quantitative estimate of drug-likeness (QED) is 0.545. The van der Waals surface area contributed by atoms with Crippen molar-refractivity contribution in [1.29, 1.82) is 0 Å². The van der Waals surface area contributed by atoms with Crippen LogP contribution in [0.15, 0.2) is 28.2 Å². The van der Waals surface area contributed by atoms with Crippen molar-refractivity contribution in [3.05, 3.63) is 33.6 Å². The summed E-state index contributed by atoms with van der Waals surface area (Å²) in [6.07, 6.45) is 0.787. The van der Waals surface area contributed by atoms with E-state index in [0.29, 0.717) is 53.8 Å². The van der Waals surface area contributed by atoms with Crippen molar-refractivity contribution in [2.75, 3.05) is 31.9 Å². The molecule has 0 bridgehead atoms. The van der Waals surface area contributed by atoms with E-state index in [2.05, 4.69) is 4.98 Å². The zero-order valence-corrected chi connectivity index (χ0v) is 17.6. The Bertz CT molecular complexity index is 954. The maximum absolute atomic E-state index is 12.8. The molecule has 3 rings (SSSR count). The summed E-state index contributed by atoms with van der Waals surface area (Å²) >= 11 is 7.31. The van der Waals surface area contributed by atoms with Crippen LogP contribution in [0.2, 0.25) is 5.02 Å². The van der Waals surface area contributed by atoms with Gasteiger partial charge in [0.25, 0.3) is 5.56 Å². The molecule has 1 aromatic carbocycles. The van der Waals surface area contributed by atoms with Crippen LogP contribution in [0.4, 0.5) is 0 Å². The van der Waals surface area contributed by atoms with E-state index in [4.69, 9.17) is 11.6 Å². The molecule has 1 fully saturated rings. The lowest BCUT2D eigenvalue weighted by molar-refractivity contribution is -0.136. The molecule has 0 spiro atoms. The summed E-state index contributed by atoms with van der Waals surface area (Å²) in [5, 5.41) is 1.56. The molecule has 0 atom stereocenters. The number of benzene rings is 1. The third kappa shape index (κ3) is 4.50. The highest BCUT2D eigenvalue weighted by Crippen LogP contribution is 2.21. The molecule has 7 nitrogen and oxygen atoms in total. The number of hydrogen-bond acceptors (Lipinski definition) is 5. The number of thioether (sulfide) groups is 1. The normalized spacial score (nSPS) is 14.5.